The first-order valence-corrected chi connectivity index (χ1v) is 6.46. The van der Waals surface area contributed by atoms with Gasteiger partial charge in [0.2, 0.25) is 0 Å². The number of carbonyl (C=O) groups excluding carboxylic acids is 1. The molecule has 0 aliphatic carbocycles. The van der Waals surface area contributed by atoms with Crippen molar-refractivity contribution in [1.29, 1.82) is 0 Å². The number of nitrogens with one attached hydrogen (secondary N) is 2. The number of nitrogens with zero attached hydrogens (tertiary/aromatic N) is 3. The Kier molecular flexibility index (Phi) is 4.20. The lowest BCUT2D eigenvalue weighted by Gasteiger charge is -2.11. The average Bonchev–Trinajstić information content (AvgIpc) is 2.89. The Hall–Kier alpha value is -2.55. The number of carbonyl (C=O) groups is 2. The van der Waals surface area contributed by atoms with Gasteiger partial charge in [0, 0.05) is 17.8 Å². The molecule has 0 spiro atoms. The quantitative estimate of drug-likeness (QED) is 0.786. The van der Waals surface area contributed by atoms with E-state index in [-0.39, 0.29) is 5.69 Å². The van der Waals surface area contributed by atoms with Crippen molar-refractivity contribution in [2.75, 3.05) is 5.32 Å². The van der Waals surface area contributed by atoms with Gasteiger partial charge in [-0.25, -0.2) is 19.6 Å². The van der Waals surface area contributed by atoms with E-state index >= 15 is 0 Å². The van der Waals surface area contributed by atoms with Gasteiger partial charge < -0.3 is 10.4 Å². The van der Waals surface area contributed by atoms with E-state index in [1.165, 1.54) is 35.3 Å². The maximum atomic E-state index is 11.7. The van der Waals surface area contributed by atoms with Gasteiger partial charge in [-0.1, -0.05) is 0 Å². The van der Waals surface area contributed by atoms with Crippen LogP contribution in [0.3, 0.4) is 0 Å². The third-order valence-corrected chi connectivity index (χ3v) is 3.29. The van der Waals surface area contributed by atoms with E-state index in [4.69, 9.17) is 5.11 Å². The lowest BCUT2D eigenvalue weighted by Crippen LogP contribution is -2.31. The molecule has 2 amide bonds. The molecule has 2 aromatic rings. The molecule has 3 N–H and O–H groups in total. The number of aromatic nitrogens is 3. The number of hydrogen-bond acceptors (Lipinski definition) is 6. The fourth-order valence-corrected chi connectivity index (χ4v) is 2.16. The molecule has 2 heterocycles. The summed E-state index contributed by atoms with van der Waals surface area (Å²) in [4.78, 5) is 34.1. The van der Waals surface area contributed by atoms with Gasteiger partial charge >= 0.3 is 12.0 Å². The number of aromatic carboxylic acids is 1. The Morgan fingerprint density at radius 3 is 2.80 bits per heavy atom. The predicted octanol–water partition coefficient (Wildman–Crippen LogP) is 1.51. The second kappa shape index (κ2) is 6.06. The number of anilines is 1. The summed E-state index contributed by atoms with van der Waals surface area (Å²) in [5.41, 5.74) is -0.0343. The Morgan fingerprint density at radius 2 is 2.20 bits per heavy atom. The molecule has 0 aliphatic heterocycles. The molecule has 0 aromatic carbocycles. The van der Waals surface area contributed by atoms with Crippen LogP contribution in [-0.2, 0) is 0 Å². The molecule has 0 fully saturated rings. The molecule has 20 heavy (non-hydrogen) atoms. The number of carboxylic acids is 1. The Bertz CT molecular complexity index is 616. The van der Waals surface area contributed by atoms with Gasteiger partial charge in [-0.15, -0.1) is 11.3 Å². The SMILES string of the molecule is CC(NC(=O)Nc1cnccn1)c1nc(C(=O)O)cs1. The molecule has 8 nitrogen and oxygen atoms in total. The number of urea groups is 1. The van der Waals surface area contributed by atoms with E-state index in [1.54, 1.807) is 6.92 Å². The van der Waals surface area contributed by atoms with Crippen molar-refractivity contribution < 1.29 is 14.7 Å². The summed E-state index contributed by atoms with van der Waals surface area (Å²) in [6.45, 7) is 1.71. The van der Waals surface area contributed by atoms with Crippen molar-refractivity contribution in [2.45, 2.75) is 13.0 Å². The molecule has 2 aromatic heterocycles. The Labute approximate surface area is 117 Å². The van der Waals surface area contributed by atoms with E-state index in [1.807, 2.05) is 0 Å². The van der Waals surface area contributed by atoms with Gasteiger partial charge in [-0.05, 0) is 6.92 Å². The summed E-state index contributed by atoms with van der Waals surface area (Å²) < 4.78 is 0. The third-order valence-electron chi connectivity index (χ3n) is 2.26. The summed E-state index contributed by atoms with van der Waals surface area (Å²) in [7, 11) is 0. The molecule has 0 saturated heterocycles. The van der Waals surface area contributed by atoms with Crippen LogP contribution >= 0.6 is 11.3 Å². The number of thiazole rings is 1. The normalized spacial score (nSPS) is 11.7. The van der Waals surface area contributed by atoms with Crippen molar-refractivity contribution in [3.8, 4) is 0 Å². The molecule has 1 atom stereocenters. The zero-order valence-corrected chi connectivity index (χ0v) is 11.2. The lowest BCUT2D eigenvalue weighted by atomic mass is 10.3. The summed E-state index contributed by atoms with van der Waals surface area (Å²) in [6, 6.07) is -0.880. The lowest BCUT2D eigenvalue weighted by molar-refractivity contribution is 0.0691. The first-order chi connectivity index (χ1) is 9.56. The summed E-state index contributed by atoms with van der Waals surface area (Å²) >= 11 is 1.17. The fraction of sp³-hybridized carbons (Fsp3) is 0.182. The van der Waals surface area contributed by atoms with Crippen LogP contribution in [0.2, 0.25) is 0 Å². The van der Waals surface area contributed by atoms with Crippen LogP contribution in [0.5, 0.6) is 0 Å². The van der Waals surface area contributed by atoms with E-state index in [0.717, 1.165) is 0 Å². The van der Waals surface area contributed by atoms with Crippen LogP contribution in [-0.4, -0.2) is 32.1 Å². The molecule has 2 rings (SSSR count). The number of hydrogen-bond donors (Lipinski definition) is 3. The number of rotatable bonds is 4. The van der Waals surface area contributed by atoms with Gasteiger partial charge in [-0.3, -0.25) is 10.3 Å². The van der Waals surface area contributed by atoms with Gasteiger partial charge in [0.05, 0.1) is 12.2 Å². The van der Waals surface area contributed by atoms with E-state index < -0.39 is 18.0 Å². The van der Waals surface area contributed by atoms with Crippen LogP contribution < -0.4 is 10.6 Å². The monoisotopic (exact) mass is 293 g/mol. The molecule has 0 radical (unpaired) electrons. The minimum atomic E-state index is -1.09. The smallest absolute Gasteiger partial charge is 0.355 e. The standard InChI is InChI=1S/C11H11N5O3S/c1-6(9-15-7(5-20-9)10(17)18)14-11(19)16-8-4-12-2-3-13-8/h2-6H,1H3,(H,17,18)(H2,13,14,16,19). The van der Waals surface area contributed by atoms with Gasteiger partial charge in [0.25, 0.3) is 0 Å². The number of carboxylic acid groups (broad SMARTS) is 1. The highest BCUT2D eigenvalue weighted by Crippen LogP contribution is 2.18. The third kappa shape index (κ3) is 3.48. The van der Waals surface area contributed by atoms with Crippen molar-refractivity contribution in [2.24, 2.45) is 0 Å². The molecule has 104 valence electrons. The topological polar surface area (TPSA) is 117 Å². The van der Waals surface area contributed by atoms with Crippen LogP contribution in [0, 0.1) is 0 Å². The van der Waals surface area contributed by atoms with Gasteiger partial charge in [0.1, 0.15) is 5.01 Å². The largest absolute Gasteiger partial charge is 0.476 e. The van der Waals surface area contributed by atoms with E-state index in [0.29, 0.717) is 10.8 Å². The zero-order chi connectivity index (χ0) is 14.5. The van der Waals surface area contributed by atoms with Crippen LogP contribution in [0.25, 0.3) is 0 Å². The first kappa shape index (κ1) is 13.9. The van der Waals surface area contributed by atoms with E-state index in [9.17, 15) is 9.59 Å². The van der Waals surface area contributed by atoms with Crippen molar-refractivity contribution in [3.05, 3.63) is 34.7 Å². The molecular formula is C11H11N5O3S. The molecule has 0 bridgehead atoms. The summed E-state index contributed by atoms with van der Waals surface area (Å²) in [5.74, 6) is -0.772. The second-order valence-electron chi connectivity index (χ2n) is 3.79. The van der Waals surface area contributed by atoms with Crippen molar-refractivity contribution >= 4 is 29.2 Å². The second-order valence-corrected chi connectivity index (χ2v) is 4.68. The Balaban J connectivity index is 1.95. The average molecular weight is 293 g/mol. The number of amides is 2. The van der Waals surface area contributed by atoms with Gasteiger partial charge in [-0.2, -0.15) is 0 Å². The maximum Gasteiger partial charge on any atom is 0.355 e. The highest BCUT2D eigenvalue weighted by Gasteiger charge is 2.16. The fourth-order valence-electron chi connectivity index (χ4n) is 1.36. The van der Waals surface area contributed by atoms with Crippen LogP contribution in [0.4, 0.5) is 10.6 Å². The highest BCUT2D eigenvalue weighted by molar-refractivity contribution is 7.09. The molecule has 9 heteroatoms. The predicted molar refractivity (Wildman–Crippen MR) is 71.7 cm³/mol. The van der Waals surface area contributed by atoms with Gasteiger partial charge in [0.15, 0.2) is 11.5 Å². The van der Waals surface area contributed by atoms with Crippen LogP contribution in [0.1, 0.15) is 28.5 Å². The maximum absolute atomic E-state index is 11.7. The minimum Gasteiger partial charge on any atom is -0.476 e. The Morgan fingerprint density at radius 1 is 1.40 bits per heavy atom. The van der Waals surface area contributed by atoms with Crippen LogP contribution in [0.15, 0.2) is 24.0 Å². The summed E-state index contributed by atoms with van der Waals surface area (Å²) in [6.07, 6.45) is 4.36. The molecule has 0 aliphatic rings. The van der Waals surface area contributed by atoms with Crippen molar-refractivity contribution in [1.82, 2.24) is 20.3 Å². The van der Waals surface area contributed by atoms with E-state index in [2.05, 4.69) is 25.6 Å². The molecule has 0 saturated carbocycles. The zero-order valence-electron chi connectivity index (χ0n) is 10.4. The molecular weight excluding hydrogens is 282 g/mol. The van der Waals surface area contributed by atoms with Crippen molar-refractivity contribution in [3.63, 3.8) is 0 Å². The summed E-state index contributed by atoms with van der Waals surface area (Å²) in [5, 5.41) is 15.9. The molecule has 1 unspecified atom stereocenters. The highest BCUT2D eigenvalue weighted by atomic mass is 32.1. The first-order valence-electron chi connectivity index (χ1n) is 5.58. The minimum absolute atomic E-state index is 0.0343.